The normalized spacial score (nSPS) is 12.4. The lowest BCUT2D eigenvalue weighted by molar-refractivity contribution is -0.192. The van der Waals surface area contributed by atoms with Gasteiger partial charge in [0.05, 0.1) is 23.0 Å². The van der Waals surface area contributed by atoms with E-state index in [0.29, 0.717) is 0 Å². The summed E-state index contributed by atoms with van der Waals surface area (Å²) >= 11 is 0. The van der Waals surface area contributed by atoms with Gasteiger partial charge >= 0.3 is 12.1 Å². The molecule has 156 valence electrons. The quantitative estimate of drug-likeness (QED) is 0.612. The average Bonchev–Trinajstić information content (AvgIpc) is 3.10. The van der Waals surface area contributed by atoms with Gasteiger partial charge < -0.3 is 20.3 Å². The van der Waals surface area contributed by atoms with Crippen molar-refractivity contribution >= 4 is 11.5 Å². The Labute approximate surface area is 165 Å². The maximum absolute atomic E-state index is 10.6. The summed E-state index contributed by atoms with van der Waals surface area (Å²) in [5.74, 6) is -2.76. The molecule has 3 rings (SSSR count). The molecular formula is C20H22F3N3O3. The van der Waals surface area contributed by atoms with E-state index in [0.717, 1.165) is 40.0 Å². The zero-order chi connectivity index (χ0) is 21.8. The Balaban J connectivity index is 0.000000370. The SMILES string of the molecule is CCc1nc(C)cn2cc(-c3cccc([C@@H](O)CN)c3)cc12.O=C(O)C(F)(F)F. The maximum atomic E-state index is 10.6. The Morgan fingerprint density at radius 1 is 1.24 bits per heavy atom. The number of carboxylic acid groups (broad SMARTS) is 1. The van der Waals surface area contributed by atoms with Crippen LogP contribution in [0.25, 0.3) is 16.6 Å². The minimum atomic E-state index is -5.08. The van der Waals surface area contributed by atoms with Crippen LogP contribution in [0, 0.1) is 6.92 Å². The number of hydrogen-bond acceptors (Lipinski definition) is 4. The Hall–Kier alpha value is -2.91. The molecule has 9 heteroatoms. The molecule has 3 aromatic rings. The number of benzene rings is 1. The predicted octanol–water partition coefficient (Wildman–Crippen LogP) is 3.50. The van der Waals surface area contributed by atoms with Crippen LogP contribution < -0.4 is 5.73 Å². The Bertz CT molecular complexity index is 1000. The Kier molecular flexibility index (Phi) is 6.99. The molecule has 0 aliphatic heterocycles. The van der Waals surface area contributed by atoms with Gasteiger partial charge in [0.15, 0.2) is 0 Å². The van der Waals surface area contributed by atoms with E-state index in [2.05, 4.69) is 28.6 Å². The molecule has 2 heterocycles. The van der Waals surface area contributed by atoms with Gasteiger partial charge in [-0.2, -0.15) is 13.2 Å². The number of carboxylic acids is 1. The molecule has 0 unspecified atom stereocenters. The fourth-order valence-electron chi connectivity index (χ4n) is 2.80. The smallest absolute Gasteiger partial charge is 0.475 e. The fourth-order valence-corrected chi connectivity index (χ4v) is 2.80. The van der Waals surface area contributed by atoms with Gasteiger partial charge in [-0.15, -0.1) is 0 Å². The van der Waals surface area contributed by atoms with Gasteiger partial charge in [0.2, 0.25) is 0 Å². The second-order valence-electron chi connectivity index (χ2n) is 6.38. The van der Waals surface area contributed by atoms with Gasteiger partial charge in [-0.1, -0.05) is 25.1 Å². The van der Waals surface area contributed by atoms with E-state index in [1.807, 2.05) is 37.4 Å². The first-order chi connectivity index (χ1) is 13.6. The third kappa shape index (κ3) is 5.55. The molecule has 0 radical (unpaired) electrons. The van der Waals surface area contributed by atoms with Crippen molar-refractivity contribution in [3.63, 3.8) is 0 Å². The fraction of sp³-hybridized carbons (Fsp3) is 0.300. The van der Waals surface area contributed by atoms with Gasteiger partial charge in [0.1, 0.15) is 0 Å². The number of aliphatic hydroxyl groups excluding tert-OH is 1. The van der Waals surface area contributed by atoms with Crippen LogP contribution in [0.15, 0.2) is 42.7 Å². The van der Waals surface area contributed by atoms with Crippen molar-refractivity contribution in [2.24, 2.45) is 5.73 Å². The summed E-state index contributed by atoms with van der Waals surface area (Å²) in [6.45, 7) is 4.35. The standard InChI is InChI=1S/C18H21N3O.C2HF3O2/c1-3-16-17-8-15(11-21(17)10-12(2)20-16)13-5-4-6-14(7-13)18(22)9-19;3-2(4,5)1(6)7/h4-8,10-11,18,22H,3,9,19H2,1-2H3;(H,6,7)/t18-;/m0./s1. The van der Waals surface area contributed by atoms with E-state index in [4.69, 9.17) is 15.6 Å². The summed E-state index contributed by atoms with van der Waals surface area (Å²) in [4.78, 5) is 13.5. The first-order valence-electron chi connectivity index (χ1n) is 8.83. The van der Waals surface area contributed by atoms with Crippen molar-refractivity contribution in [1.29, 1.82) is 0 Å². The summed E-state index contributed by atoms with van der Waals surface area (Å²) in [7, 11) is 0. The second kappa shape index (κ2) is 9.06. The number of nitrogens with zero attached hydrogens (tertiary/aromatic N) is 2. The van der Waals surface area contributed by atoms with Crippen LogP contribution >= 0.6 is 0 Å². The first kappa shape index (κ1) is 22.4. The summed E-state index contributed by atoms with van der Waals surface area (Å²) < 4.78 is 33.9. The molecule has 1 aromatic carbocycles. The molecule has 0 saturated heterocycles. The van der Waals surface area contributed by atoms with Crippen LogP contribution in [0.4, 0.5) is 13.2 Å². The summed E-state index contributed by atoms with van der Waals surface area (Å²) in [5.41, 5.74) is 11.8. The number of aliphatic hydroxyl groups is 1. The summed E-state index contributed by atoms with van der Waals surface area (Å²) in [5, 5.41) is 17.0. The number of fused-ring (bicyclic) bond motifs is 1. The van der Waals surface area contributed by atoms with Crippen LogP contribution in [0.3, 0.4) is 0 Å². The molecule has 0 saturated carbocycles. The highest BCUT2D eigenvalue weighted by Gasteiger charge is 2.38. The molecule has 6 nitrogen and oxygen atoms in total. The predicted molar refractivity (Wildman–Crippen MR) is 102 cm³/mol. The lowest BCUT2D eigenvalue weighted by Crippen LogP contribution is -2.21. The summed E-state index contributed by atoms with van der Waals surface area (Å²) in [6, 6.07) is 10.1. The van der Waals surface area contributed by atoms with Crippen LogP contribution in [0.2, 0.25) is 0 Å². The maximum Gasteiger partial charge on any atom is 0.490 e. The van der Waals surface area contributed by atoms with Crippen LogP contribution in [-0.4, -0.2) is 38.3 Å². The van der Waals surface area contributed by atoms with Crippen molar-refractivity contribution in [1.82, 2.24) is 9.38 Å². The average molecular weight is 409 g/mol. The minimum Gasteiger partial charge on any atom is -0.475 e. The summed E-state index contributed by atoms with van der Waals surface area (Å²) in [6.07, 6.45) is -0.652. The molecule has 2 aromatic heterocycles. The topological polar surface area (TPSA) is 101 Å². The van der Waals surface area contributed by atoms with E-state index < -0.39 is 18.2 Å². The van der Waals surface area contributed by atoms with Gasteiger partial charge in [-0.3, -0.25) is 4.98 Å². The number of rotatable bonds is 4. The van der Waals surface area contributed by atoms with Gasteiger partial charge in [0, 0.05) is 24.5 Å². The van der Waals surface area contributed by atoms with Gasteiger partial charge in [-0.05, 0) is 36.6 Å². The van der Waals surface area contributed by atoms with Crippen molar-refractivity contribution in [2.45, 2.75) is 32.5 Å². The van der Waals surface area contributed by atoms with E-state index in [9.17, 15) is 18.3 Å². The first-order valence-corrected chi connectivity index (χ1v) is 8.83. The molecule has 0 aliphatic rings. The number of aryl methyl sites for hydroxylation is 2. The highest BCUT2D eigenvalue weighted by atomic mass is 19.4. The number of nitrogens with two attached hydrogens (primary N) is 1. The lowest BCUT2D eigenvalue weighted by atomic mass is 10.0. The minimum absolute atomic E-state index is 0.226. The third-order valence-corrected chi connectivity index (χ3v) is 4.19. The van der Waals surface area contributed by atoms with E-state index in [1.165, 1.54) is 0 Å². The van der Waals surface area contributed by atoms with Crippen molar-refractivity contribution < 1.29 is 28.2 Å². The third-order valence-electron chi connectivity index (χ3n) is 4.19. The second-order valence-corrected chi connectivity index (χ2v) is 6.38. The van der Waals surface area contributed by atoms with E-state index in [-0.39, 0.29) is 6.54 Å². The number of aromatic nitrogens is 2. The van der Waals surface area contributed by atoms with E-state index >= 15 is 0 Å². The van der Waals surface area contributed by atoms with Gasteiger partial charge in [-0.25, -0.2) is 4.79 Å². The highest BCUT2D eigenvalue weighted by molar-refractivity contribution is 5.73. The Morgan fingerprint density at radius 2 is 1.90 bits per heavy atom. The molecule has 1 atom stereocenters. The Morgan fingerprint density at radius 3 is 2.45 bits per heavy atom. The van der Waals surface area contributed by atoms with Crippen LogP contribution in [0.5, 0.6) is 0 Å². The molecule has 4 N–H and O–H groups in total. The molecule has 0 aliphatic carbocycles. The number of hydrogen-bond donors (Lipinski definition) is 3. The largest absolute Gasteiger partial charge is 0.490 e. The molecule has 0 bridgehead atoms. The van der Waals surface area contributed by atoms with Gasteiger partial charge in [0.25, 0.3) is 0 Å². The van der Waals surface area contributed by atoms with Crippen molar-refractivity contribution in [3.8, 4) is 11.1 Å². The molecule has 0 fully saturated rings. The number of alkyl halides is 3. The van der Waals surface area contributed by atoms with Crippen molar-refractivity contribution in [3.05, 3.63) is 59.7 Å². The van der Waals surface area contributed by atoms with Crippen LogP contribution in [-0.2, 0) is 11.2 Å². The number of aliphatic carboxylic acids is 1. The number of carbonyl (C=O) groups is 1. The zero-order valence-corrected chi connectivity index (χ0v) is 15.9. The van der Waals surface area contributed by atoms with E-state index in [1.54, 1.807) is 0 Å². The molecule has 29 heavy (non-hydrogen) atoms. The van der Waals surface area contributed by atoms with Crippen LogP contribution in [0.1, 0.15) is 30.0 Å². The number of halogens is 3. The molecule has 0 amide bonds. The molecule has 0 spiro atoms. The lowest BCUT2D eigenvalue weighted by Gasteiger charge is -2.09. The van der Waals surface area contributed by atoms with Crippen molar-refractivity contribution in [2.75, 3.05) is 6.54 Å². The molecular weight excluding hydrogens is 387 g/mol. The monoisotopic (exact) mass is 409 g/mol. The highest BCUT2D eigenvalue weighted by Crippen LogP contribution is 2.26. The zero-order valence-electron chi connectivity index (χ0n) is 15.9.